The van der Waals surface area contributed by atoms with Crippen LogP contribution in [-0.2, 0) is 6.42 Å². The van der Waals surface area contributed by atoms with E-state index in [-0.39, 0.29) is 23.7 Å². The van der Waals surface area contributed by atoms with Crippen LogP contribution in [0.25, 0.3) is 11.3 Å². The average molecular weight is 407 g/mol. The zero-order valence-corrected chi connectivity index (χ0v) is 17.0. The van der Waals surface area contributed by atoms with Crippen LogP contribution in [0.4, 0.5) is 10.3 Å². The number of hydrogen-bond donors (Lipinski definition) is 1. The van der Waals surface area contributed by atoms with Crippen molar-refractivity contribution >= 4 is 11.9 Å². The molecular formula is C22H22FN5O2. The molecule has 1 aliphatic heterocycles. The van der Waals surface area contributed by atoms with Gasteiger partial charge in [-0.2, -0.15) is 0 Å². The van der Waals surface area contributed by atoms with Gasteiger partial charge in [0.2, 0.25) is 11.8 Å². The van der Waals surface area contributed by atoms with E-state index in [4.69, 9.17) is 10.5 Å². The van der Waals surface area contributed by atoms with Gasteiger partial charge in [-0.15, -0.1) is 0 Å². The number of anilines is 1. The number of fused-ring (bicyclic) bond motifs is 1. The van der Waals surface area contributed by atoms with Gasteiger partial charge in [-0.05, 0) is 37.6 Å². The Hall–Kier alpha value is -3.55. The minimum atomic E-state index is -0.383. The molecule has 7 nitrogen and oxygen atoms in total. The van der Waals surface area contributed by atoms with E-state index in [1.54, 1.807) is 36.1 Å². The lowest BCUT2D eigenvalue weighted by Crippen LogP contribution is -2.41. The van der Waals surface area contributed by atoms with E-state index in [1.165, 1.54) is 19.2 Å². The molecule has 30 heavy (non-hydrogen) atoms. The van der Waals surface area contributed by atoms with E-state index >= 15 is 0 Å². The third-order valence-electron chi connectivity index (χ3n) is 5.34. The molecule has 1 amide bonds. The van der Waals surface area contributed by atoms with Gasteiger partial charge in [-0.1, -0.05) is 12.1 Å². The summed E-state index contributed by atoms with van der Waals surface area (Å²) >= 11 is 0. The van der Waals surface area contributed by atoms with Crippen molar-refractivity contribution in [2.45, 2.75) is 26.3 Å². The summed E-state index contributed by atoms with van der Waals surface area (Å²) in [6.07, 6.45) is 0.449. The van der Waals surface area contributed by atoms with Gasteiger partial charge < -0.3 is 15.4 Å². The van der Waals surface area contributed by atoms with Crippen LogP contribution in [-0.4, -0.2) is 39.4 Å². The number of nitrogen functional groups attached to an aromatic ring is 1. The van der Waals surface area contributed by atoms with Crippen molar-refractivity contribution in [3.8, 4) is 17.1 Å². The number of aryl methyl sites for hydroxylation is 1. The molecule has 0 bridgehead atoms. The summed E-state index contributed by atoms with van der Waals surface area (Å²) in [6, 6.07) is 9.51. The molecule has 1 aliphatic rings. The van der Waals surface area contributed by atoms with Gasteiger partial charge >= 0.3 is 0 Å². The smallest absolute Gasteiger partial charge is 0.258 e. The SMILES string of the molecule is CCN1C(=O)c2c(C)nc(N)nc2C[C@@H]1c1ccc(F)cc1-c1cccc(OC)n1. The van der Waals surface area contributed by atoms with Crippen LogP contribution >= 0.6 is 0 Å². The largest absolute Gasteiger partial charge is 0.481 e. The molecular weight excluding hydrogens is 385 g/mol. The highest BCUT2D eigenvalue weighted by Crippen LogP contribution is 2.38. The zero-order chi connectivity index (χ0) is 21.4. The van der Waals surface area contributed by atoms with Crippen LogP contribution in [0.2, 0.25) is 0 Å². The lowest BCUT2D eigenvalue weighted by Gasteiger charge is -2.37. The molecule has 0 radical (unpaired) electrons. The molecule has 8 heteroatoms. The van der Waals surface area contributed by atoms with Crippen molar-refractivity contribution in [3.63, 3.8) is 0 Å². The number of ether oxygens (including phenoxy) is 1. The van der Waals surface area contributed by atoms with Crippen LogP contribution < -0.4 is 10.5 Å². The van der Waals surface area contributed by atoms with Crippen LogP contribution in [0, 0.1) is 12.7 Å². The predicted molar refractivity (Wildman–Crippen MR) is 111 cm³/mol. The first-order valence-electron chi connectivity index (χ1n) is 9.67. The van der Waals surface area contributed by atoms with Crippen LogP contribution in [0.15, 0.2) is 36.4 Å². The number of carbonyl (C=O) groups is 1. The Balaban J connectivity index is 1.88. The summed E-state index contributed by atoms with van der Waals surface area (Å²) in [5.41, 5.74) is 9.45. The van der Waals surface area contributed by atoms with Gasteiger partial charge in [0.15, 0.2) is 0 Å². The fraction of sp³-hybridized carbons (Fsp3) is 0.273. The maximum absolute atomic E-state index is 14.2. The monoisotopic (exact) mass is 407 g/mol. The molecule has 0 aliphatic carbocycles. The first-order valence-corrected chi connectivity index (χ1v) is 9.67. The lowest BCUT2D eigenvalue weighted by molar-refractivity contribution is 0.0656. The molecule has 154 valence electrons. The van der Waals surface area contributed by atoms with Gasteiger partial charge in [0.05, 0.1) is 35.8 Å². The second-order valence-corrected chi connectivity index (χ2v) is 7.10. The number of halogens is 1. The summed E-state index contributed by atoms with van der Waals surface area (Å²) in [7, 11) is 1.53. The lowest BCUT2D eigenvalue weighted by atomic mass is 9.88. The molecule has 0 unspecified atom stereocenters. The first-order chi connectivity index (χ1) is 14.4. The molecule has 3 heterocycles. The van der Waals surface area contributed by atoms with E-state index in [0.29, 0.717) is 47.1 Å². The number of aromatic nitrogens is 3. The second kappa shape index (κ2) is 7.70. The molecule has 1 aromatic carbocycles. The predicted octanol–water partition coefficient (Wildman–Crippen LogP) is 3.34. The van der Waals surface area contributed by atoms with E-state index in [2.05, 4.69) is 15.0 Å². The number of methoxy groups -OCH3 is 1. The average Bonchev–Trinajstić information content (AvgIpc) is 2.73. The van der Waals surface area contributed by atoms with Crippen LogP contribution in [0.5, 0.6) is 5.88 Å². The number of carbonyl (C=O) groups excluding carboxylic acids is 1. The zero-order valence-electron chi connectivity index (χ0n) is 17.0. The normalized spacial score (nSPS) is 15.8. The van der Waals surface area contributed by atoms with E-state index < -0.39 is 0 Å². The number of likely N-dealkylation sites (N-methyl/N-ethyl adjacent to an activating group) is 1. The Morgan fingerprint density at radius 2 is 2.03 bits per heavy atom. The topological polar surface area (TPSA) is 94.2 Å². The Morgan fingerprint density at radius 1 is 1.23 bits per heavy atom. The van der Waals surface area contributed by atoms with Crippen molar-refractivity contribution in [1.82, 2.24) is 19.9 Å². The summed E-state index contributed by atoms with van der Waals surface area (Å²) in [6.45, 7) is 4.15. The summed E-state index contributed by atoms with van der Waals surface area (Å²) in [5, 5.41) is 0. The van der Waals surface area contributed by atoms with Gasteiger partial charge in [-0.25, -0.2) is 19.3 Å². The molecule has 0 saturated heterocycles. The fourth-order valence-electron chi connectivity index (χ4n) is 4.02. The molecule has 0 saturated carbocycles. The quantitative estimate of drug-likeness (QED) is 0.713. The highest BCUT2D eigenvalue weighted by molar-refractivity contribution is 5.98. The molecule has 4 rings (SSSR count). The van der Waals surface area contributed by atoms with Gasteiger partial charge in [0, 0.05) is 24.6 Å². The molecule has 2 aromatic heterocycles. The molecule has 2 N–H and O–H groups in total. The van der Waals surface area contributed by atoms with Crippen molar-refractivity contribution < 1.29 is 13.9 Å². The molecule has 0 spiro atoms. The van der Waals surface area contributed by atoms with Gasteiger partial charge in [0.1, 0.15) is 5.82 Å². The standard InChI is InChI=1S/C22H22FN5O2/c1-4-28-18(11-17-20(21(28)29)12(2)25-22(24)27-17)14-9-8-13(23)10-15(14)16-6-5-7-19(26-16)30-3/h5-10,18H,4,11H2,1-3H3,(H2,24,25,27)/t18-/m1/s1. The van der Waals surface area contributed by atoms with Crippen molar-refractivity contribution in [1.29, 1.82) is 0 Å². The highest BCUT2D eigenvalue weighted by atomic mass is 19.1. The Kier molecular flexibility index (Phi) is 5.07. The minimum absolute atomic E-state index is 0.136. The number of nitrogens with two attached hydrogens (primary N) is 1. The minimum Gasteiger partial charge on any atom is -0.481 e. The maximum atomic E-state index is 14.2. The van der Waals surface area contributed by atoms with E-state index in [0.717, 1.165) is 5.56 Å². The third kappa shape index (κ3) is 3.34. The molecule has 0 fully saturated rings. The van der Waals surface area contributed by atoms with E-state index in [1.807, 2.05) is 6.92 Å². The Bertz CT molecular complexity index is 1130. The number of amides is 1. The molecule has 3 aromatic rings. The van der Waals surface area contributed by atoms with Crippen molar-refractivity contribution in [2.24, 2.45) is 0 Å². The van der Waals surface area contributed by atoms with Crippen LogP contribution in [0.1, 0.15) is 40.3 Å². The number of benzene rings is 1. The Labute approximate surface area is 173 Å². The first kappa shape index (κ1) is 19.8. The van der Waals surface area contributed by atoms with Crippen LogP contribution in [0.3, 0.4) is 0 Å². The van der Waals surface area contributed by atoms with Crippen molar-refractivity contribution in [2.75, 3.05) is 19.4 Å². The summed E-state index contributed by atoms with van der Waals surface area (Å²) < 4.78 is 19.4. The molecule has 1 atom stereocenters. The number of rotatable bonds is 4. The number of pyridine rings is 1. The van der Waals surface area contributed by atoms with E-state index in [9.17, 15) is 9.18 Å². The second-order valence-electron chi connectivity index (χ2n) is 7.10. The number of hydrogen-bond acceptors (Lipinski definition) is 6. The Morgan fingerprint density at radius 3 is 2.77 bits per heavy atom. The summed E-state index contributed by atoms with van der Waals surface area (Å²) in [5.74, 6) is 0.0225. The van der Waals surface area contributed by atoms with Gasteiger partial charge in [-0.3, -0.25) is 4.79 Å². The van der Waals surface area contributed by atoms with Crippen molar-refractivity contribution in [3.05, 3.63) is 64.7 Å². The maximum Gasteiger partial charge on any atom is 0.258 e. The van der Waals surface area contributed by atoms with Gasteiger partial charge in [0.25, 0.3) is 5.91 Å². The fourth-order valence-corrected chi connectivity index (χ4v) is 4.02. The third-order valence-corrected chi connectivity index (χ3v) is 5.34. The number of nitrogens with zero attached hydrogens (tertiary/aromatic N) is 4. The highest BCUT2D eigenvalue weighted by Gasteiger charge is 2.36. The summed E-state index contributed by atoms with van der Waals surface area (Å²) in [4.78, 5) is 28.0.